The van der Waals surface area contributed by atoms with E-state index in [4.69, 9.17) is 22.6 Å². The highest BCUT2D eigenvalue weighted by Crippen LogP contribution is 2.45. The average molecular weight is 902 g/mol. The molecular weight excluding hydrogens is 843 g/mol. The van der Waals surface area contributed by atoms with E-state index in [9.17, 15) is 0 Å². The van der Waals surface area contributed by atoms with Crippen LogP contribution in [0.2, 0.25) is 0 Å². The fourth-order valence-corrected chi connectivity index (χ4v) is 10.2. The topological polar surface area (TPSA) is 30.7 Å². The van der Waals surface area contributed by atoms with Crippen LogP contribution in [-0.4, -0.2) is 14.5 Å². The molecule has 0 aliphatic carbocycles. The molecule has 336 valence electrons. The van der Waals surface area contributed by atoms with Crippen molar-refractivity contribution < 1.29 is 0 Å². The van der Waals surface area contributed by atoms with Crippen LogP contribution in [0.4, 0.5) is 0 Å². The number of benzene rings is 8. The van der Waals surface area contributed by atoms with Crippen molar-refractivity contribution in [1.29, 1.82) is 0 Å². The van der Waals surface area contributed by atoms with Gasteiger partial charge in [-0.2, -0.15) is 0 Å². The first-order valence-corrected chi connectivity index (χ1v) is 24.2. The maximum absolute atomic E-state index is 5.86. The second-order valence-corrected chi connectivity index (χ2v) is 21.8. The Balaban J connectivity index is 1.30. The van der Waals surface area contributed by atoms with Crippen LogP contribution in [0.15, 0.2) is 193 Å². The molecule has 0 aliphatic heterocycles. The predicted octanol–water partition coefficient (Wildman–Crippen LogP) is 17.8. The Kier molecular flexibility index (Phi) is 11.4. The quantitative estimate of drug-likeness (QED) is 0.162. The fraction of sp³-hybridized carbons (Fsp3) is 0.188. The number of hydrogen-bond acceptors (Lipinski definition) is 3. The molecule has 0 saturated heterocycles. The number of imidazole rings is 1. The van der Waals surface area contributed by atoms with E-state index in [0.29, 0.717) is 0 Å². The van der Waals surface area contributed by atoms with Gasteiger partial charge in [-0.1, -0.05) is 196 Å². The van der Waals surface area contributed by atoms with Crippen LogP contribution < -0.4 is 0 Å². The number of rotatable bonds is 7. The summed E-state index contributed by atoms with van der Waals surface area (Å²) in [6.07, 6.45) is 1.95. The van der Waals surface area contributed by atoms with E-state index in [1.807, 2.05) is 6.20 Å². The highest BCUT2D eigenvalue weighted by atomic mass is 32.1. The van der Waals surface area contributed by atoms with Crippen molar-refractivity contribution >= 4 is 34.6 Å². The maximum atomic E-state index is 5.86. The molecule has 0 atom stereocenters. The van der Waals surface area contributed by atoms with Crippen molar-refractivity contribution in [2.24, 2.45) is 0 Å². The zero-order valence-electron chi connectivity index (χ0n) is 40.7. The standard InChI is InChI=1S/C64H59N3S/c1-62(2,3)47-31-32-56(53(40-47)43-25-17-12-18-26-43)67-57-30-20-29-52(54-38-44(41-21-13-10-14-22-41)39-55(60(54)68)64(7,8)9)59(57)66-61(67)46-35-45(36-48(37-46)63(4,5)6)50-27-19-28-51-49(33-34-65-58(50)51)42-23-15-11-16-24-42/h10-40,68H,1-9H3. The number of hydrogen-bond donors (Lipinski definition) is 1. The molecule has 0 unspecified atom stereocenters. The molecule has 0 amide bonds. The summed E-state index contributed by atoms with van der Waals surface area (Å²) in [6, 6.07) is 66.2. The van der Waals surface area contributed by atoms with Crippen molar-refractivity contribution in [3.8, 4) is 72.7 Å². The van der Waals surface area contributed by atoms with Gasteiger partial charge in [0.25, 0.3) is 0 Å². The SMILES string of the molecule is CC(C)(C)c1cc(-c2cccc3c(-c4ccccc4)ccnc23)cc(-c2nc3c(-c4cc(-c5ccccc5)cc(C(C)(C)C)c4S)cccc3n2-c2ccc(C(C)(C)C)cc2-c2ccccc2)c1. The molecule has 3 nitrogen and oxygen atoms in total. The molecule has 0 N–H and O–H groups in total. The van der Waals surface area contributed by atoms with Crippen LogP contribution in [-0.2, 0) is 16.2 Å². The number of pyridine rings is 1. The normalized spacial score (nSPS) is 12.3. The van der Waals surface area contributed by atoms with Crippen molar-refractivity contribution in [2.45, 2.75) is 83.5 Å². The third-order valence-corrected chi connectivity index (χ3v) is 13.9. The van der Waals surface area contributed by atoms with Crippen LogP contribution in [0.3, 0.4) is 0 Å². The molecule has 8 aromatic carbocycles. The molecule has 2 aromatic heterocycles. The van der Waals surface area contributed by atoms with Crippen molar-refractivity contribution in [2.75, 3.05) is 0 Å². The Morgan fingerprint density at radius 1 is 0.397 bits per heavy atom. The first kappa shape index (κ1) is 44.8. The number of para-hydroxylation sites is 2. The molecule has 10 rings (SSSR count). The van der Waals surface area contributed by atoms with Gasteiger partial charge in [0, 0.05) is 38.7 Å². The number of nitrogens with zero attached hydrogens (tertiary/aromatic N) is 3. The van der Waals surface area contributed by atoms with Crippen LogP contribution >= 0.6 is 12.6 Å². The maximum Gasteiger partial charge on any atom is 0.145 e. The Labute approximate surface area is 408 Å². The highest BCUT2D eigenvalue weighted by molar-refractivity contribution is 7.80. The van der Waals surface area contributed by atoms with Gasteiger partial charge in [0.05, 0.1) is 22.2 Å². The zero-order valence-corrected chi connectivity index (χ0v) is 41.6. The lowest BCUT2D eigenvalue weighted by molar-refractivity contribution is 0.579. The van der Waals surface area contributed by atoms with E-state index in [1.165, 1.54) is 33.4 Å². The summed E-state index contributed by atoms with van der Waals surface area (Å²) in [6.45, 7) is 20.6. The summed E-state index contributed by atoms with van der Waals surface area (Å²) in [5, 5.41) is 1.12. The number of thiol groups is 1. The van der Waals surface area contributed by atoms with Crippen LogP contribution in [0, 0.1) is 0 Å². The van der Waals surface area contributed by atoms with Crippen molar-refractivity contribution in [3.05, 3.63) is 205 Å². The largest absolute Gasteiger partial charge is 0.292 e. The predicted molar refractivity (Wildman–Crippen MR) is 292 cm³/mol. The van der Waals surface area contributed by atoms with Gasteiger partial charge in [-0.3, -0.25) is 9.55 Å². The molecule has 0 aliphatic rings. The molecule has 0 radical (unpaired) electrons. The molecule has 68 heavy (non-hydrogen) atoms. The van der Waals surface area contributed by atoms with E-state index in [-0.39, 0.29) is 16.2 Å². The monoisotopic (exact) mass is 901 g/mol. The van der Waals surface area contributed by atoms with Crippen LogP contribution in [0.5, 0.6) is 0 Å². The van der Waals surface area contributed by atoms with Gasteiger partial charge < -0.3 is 0 Å². The molecule has 0 bridgehead atoms. The first-order valence-electron chi connectivity index (χ1n) is 23.8. The van der Waals surface area contributed by atoms with Crippen LogP contribution in [0.25, 0.3) is 94.6 Å². The molecule has 0 spiro atoms. The average Bonchev–Trinajstić information content (AvgIpc) is 3.73. The van der Waals surface area contributed by atoms with Crippen molar-refractivity contribution in [3.63, 3.8) is 0 Å². The Morgan fingerprint density at radius 3 is 1.65 bits per heavy atom. The minimum absolute atomic E-state index is 0.0601. The summed E-state index contributed by atoms with van der Waals surface area (Å²) >= 11 is 5.39. The lowest BCUT2D eigenvalue weighted by atomic mass is 9.83. The van der Waals surface area contributed by atoms with Gasteiger partial charge in [0.15, 0.2) is 0 Å². The van der Waals surface area contributed by atoms with Gasteiger partial charge >= 0.3 is 0 Å². The summed E-state index contributed by atoms with van der Waals surface area (Å²) < 4.78 is 2.41. The van der Waals surface area contributed by atoms with E-state index in [0.717, 1.165) is 82.9 Å². The molecular formula is C64H59N3S. The van der Waals surface area contributed by atoms with Crippen LogP contribution in [0.1, 0.15) is 79.0 Å². The highest BCUT2D eigenvalue weighted by Gasteiger charge is 2.27. The van der Waals surface area contributed by atoms with Gasteiger partial charge in [-0.15, -0.1) is 12.6 Å². The lowest BCUT2D eigenvalue weighted by Crippen LogP contribution is -2.13. The molecule has 0 fully saturated rings. The summed E-state index contributed by atoms with van der Waals surface area (Å²) in [5.74, 6) is 0.870. The smallest absolute Gasteiger partial charge is 0.145 e. The second kappa shape index (κ2) is 17.3. The Morgan fingerprint density at radius 2 is 1.00 bits per heavy atom. The minimum atomic E-state index is -0.175. The zero-order chi connectivity index (χ0) is 47.5. The lowest BCUT2D eigenvalue weighted by Gasteiger charge is -2.25. The van der Waals surface area contributed by atoms with E-state index in [2.05, 4.69) is 249 Å². The first-order chi connectivity index (χ1) is 32.5. The van der Waals surface area contributed by atoms with Gasteiger partial charge in [0.1, 0.15) is 5.82 Å². The minimum Gasteiger partial charge on any atom is -0.292 e. The summed E-state index contributed by atoms with van der Waals surface area (Å²) in [7, 11) is 0. The van der Waals surface area contributed by atoms with Gasteiger partial charge in [-0.05, 0) is 120 Å². The Bertz CT molecular complexity index is 3490. The van der Waals surface area contributed by atoms with E-state index >= 15 is 0 Å². The van der Waals surface area contributed by atoms with Gasteiger partial charge in [0.2, 0.25) is 0 Å². The third-order valence-electron chi connectivity index (χ3n) is 13.4. The number of aromatic nitrogens is 3. The molecule has 2 heterocycles. The fourth-order valence-electron chi connectivity index (χ4n) is 9.63. The van der Waals surface area contributed by atoms with Crippen molar-refractivity contribution in [1.82, 2.24) is 14.5 Å². The summed E-state index contributed by atoms with van der Waals surface area (Å²) in [4.78, 5) is 11.9. The molecule has 0 saturated carbocycles. The van der Waals surface area contributed by atoms with Gasteiger partial charge in [-0.25, -0.2) is 4.98 Å². The van der Waals surface area contributed by atoms with E-state index < -0.39 is 0 Å². The number of fused-ring (bicyclic) bond motifs is 2. The molecule has 10 aromatic rings. The second-order valence-electron chi connectivity index (χ2n) is 21.3. The Hall–Kier alpha value is -7.01. The van der Waals surface area contributed by atoms with E-state index in [1.54, 1.807) is 0 Å². The third kappa shape index (κ3) is 8.37. The molecule has 4 heteroatoms. The summed E-state index contributed by atoms with van der Waals surface area (Å²) in [5.41, 5.74) is 19.6.